The molecule has 0 saturated heterocycles. The highest BCUT2D eigenvalue weighted by molar-refractivity contribution is 9.11. The first kappa shape index (κ1) is 19.6. The number of ether oxygens (including phenoxy) is 2. The van der Waals surface area contributed by atoms with Crippen molar-refractivity contribution < 1.29 is 14.3 Å². The summed E-state index contributed by atoms with van der Waals surface area (Å²) in [5.41, 5.74) is 2.12. The smallest absolute Gasteiger partial charge is 0.407 e. The van der Waals surface area contributed by atoms with Gasteiger partial charge in [-0.25, -0.2) is 4.79 Å². The maximum absolute atomic E-state index is 12.0. The van der Waals surface area contributed by atoms with Crippen molar-refractivity contribution in [1.82, 2.24) is 5.32 Å². The predicted molar refractivity (Wildman–Crippen MR) is 110 cm³/mol. The lowest BCUT2D eigenvalue weighted by Crippen LogP contribution is -2.33. The fourth-order valence-electron chi connectivity index (χ4n) is 3.12. The van der Waals surface area contributed by atoms with Crippen LogP contribution in [0.5, 0.6) is 0 Å². The molecule has 2 aromatic carbocycles. The van der Waals surface area contributed by atoms with Gasteiger partial charge < -0.3 is 14.8 Å². The van der Waals surface area contributed by atoms with Gasteiger partial charge in [-0.15, -0.1) is 0 Å². The zero-order valence-electron chi connectivity index (χ0n) is 15.1. The van der Waals surface area contributed by atoms with Crippen LogP contribution in [-0.2, 0) is 16.1 Å². The number of halogens is 1. The molecule has 3 rings (SSSR count). The molecule has 0 heterocycles. The Balaban J connectivity index is 1.36. The Labute approximate surface area is 168 Å². The number of hydrogen-bond acceptors (Lipinski definition) is 3. The van der Waals surface area contributed by atoms with E-state index in [9.17, 15) is 4.79 Å². The second-order valence-corrected chi connectivity index (χ2v) is 7.67. The minimum absolute atomic E-state index is 0.107. The maximum atomic E-state index is 12.0. The largest absolute Gasteiger partial charge is 0.445 e. The van der Waals surface area contributed by atoms with Crippen molar-refractivity contribution in [2.75, 3.05) is 6.61 Å². The highest BCUT2D eigenvalue weighted by Crippen LogP contribution is 2.24. The maximum Gasteiger partial charge on any atom is 0.407 e. The minimum atomic E-state index is -0.366. The van der Waals surface area contributed by atoms with Crippen LogP contribution in [0.2, 0.25) is 0 Å². The van der Waals surface area contributed by atoms with E-state index in [1.807, 2.05) is 48.5 Å². The zero-order valence-corrected chi connectivity index (χ0v) is 16.7. The Morgan fingerprint density at radius 3 is 2.52 bits per heavy atom. The number of nitrogens with one attached hydrogen (secondary N) is 1. The summed E-state index contributed by atoms with van der Waals surface area (Å²) in [7, 11) is 0. The van der Waals surface area contributed by atoms with Gasteiger partial charge in [0.15, 0.2) is 0 Å². The normalized spacial score (nSPS) is 19.7. The lowest BCUT2D eigenvalue weighted by Gasteiger charge is -2.14. The third kappa shape index (κ3) is 6.85. The van der Waals surface area contributed by atoms with Crippen molar-refractivity contribution in [3.63, 3.8) is 0 Å². The zero-order chi connectivity index (χ0) is 18.9. The quantitative estimate of drug-likeness (QED) is 0.650. The second-order valence-electron chi connectivity index (χ2n) is 6.65. The molecule has 4 nitrogen and oxygen atoms in total. The van der Waals surface area contributed by atoms with Crippen molar-refractivity contribution in [2.45, 2.75) is 38.0 Å². The van der Waals surface area contributed by atoms with Crippen molar-refractivity contribution in [1.29, 1.82) is 0 Å². The SMILES string of the molecule is O=C(N[C@H]1CC[C@H](OCC(Br)=Cc2ccccc2)C1)OCc1ccccc1. The summed E-state index contributed by atoms with van der Waals surface area (Å²) >= 11 is 3.57. The van der Waals surface area contributed by atoms with Crippen LogP contribution in [0.1, 0.15) is 30.4 Å². The average Bonchev–Trinajstić information content (AvgIpc) is 3.14. The summed E-state index contributed by atoms with van der Waals surface area (Å²) in [5, 5.41) is 2.94. The van der Waals surface area contributed by atoms with Crippen LogP contribution in [0.4, 0.5) is 4.79 Å². The van der Waals surface area contributed by atoms with Crippen molar-refractivity contribution in [2.24, 2.45) is 0 Å². The van der Waals surface area contributed by atoms with Crippen molar-refractivity contribution >= 4 is 28.1 Å². The van der Waals surface area contributed by atoms with E-state index >= 15 is 0 Å². The van der Waals surface area contributed by atoms with Gasteiger partial charge in [-0.05, 0) is 36.5 Å². The van der Waals surface area contributed by atoms with Gasteiger partial charge in [-0.2, -0.15) is 0 Å². The lowest BCUT2D eigenvalue weighted by molar-refractivity contribution is 0.0767. The summed E-state index contributed by atoms with van der Waals surface area (Å²) in [6.07, 6.45) is 4.51. The molecule has 1 amide bonds. The third-order valence-corrected chi connectivity index (χ3v) is 4.96. The van der Waals surface area contributed by atoms with Gasteiger partial charge in [0.2, 0.25) is 0 Å². The molecule has 0 bridgehead atoms. The molecule has 0 aliphatic heterocycles. The number of benzene rings is 2. The van der Waals surface area contributed by atoms with E-state index in [1.165, 1.54) is 0 Å². The topological polar surface area (TPSA) is 47.6 Å². The molecule has 142 valence electrons. The molecule has 5 heteroatoms. The molecule has 1 aliphatic rings. The van der Waals surface area contributed by atoms with Gasteiger partial charge in [0.05, 0.1) is 12.7 Å². The minimum Gasteiger partial charge on any atom is -0.445 e. The Morgan fingerprint density at radius 2 is 1.78 bits per heavy atom. The first-order valence-corrected chi connectivity index (χ1v) is 9.98. The molecular formula is C22H24BrNO3. The number of rotatable bonds is 7. The predicted octanol–water partition coefficient (Wildman–Crippen LogP) is 5.29. The summed E-state index contributed by atoms with van der Waals surface area (Å²) in [6.45, 7) is 0.821. The molecule has 0 unspecified atom stereocenters. The van der Waals surface area contributed by atoms with Crippen LogP contribution in [0.3, 0.4) is 0 Å². The molecule has 1 fully saturated rings. The fraction of sp³-hybridized carbons (Fsp3) is 0.318. The van der Waals surface area contributed by atoms with Crippen LogP contribution in [0, 0.1) is 0 Å². The van der Waals surface area contributed by atoms with Crippen molar-refractivity contribution in [3.05, 3.63) is 76.3 Å². The van der Waals surface area contributed by atoms with E-state index in [-0.39, 0.29) is 24.8 Å². The molecule has 0 spiro atoms. The van der Waals surface area contributed by atoms with Gasteiger partial charge in [-0.1, -0.05) is 76.6 Å². The first-order chi connectivity index (χ1) is 13.2. The summed E-state index contributed by atoms with van der Waals surface area (Å²) < 4.78 is 12.3. The highest BCUT2D eigenvalue weighted by Gasteiger charge is 2.27. The first-order valence-electron chi connectivity index (χ1n) is 9.19. The van der Waals surface area contributed by atoms with Crippen LogP contribution in [0.25, 0.3) is 6.08 Å². The highest BCUT2D eigenvalue weighted by atomic mass is 79.9. The van der Waals surface area contributed by atoms with E-state index < -0.39 is 0 Å². The Morgan fingerprint density at radius 1 is 1.07 bits per heavy atom. The van der Waals surface area contributed by atoms with E-state index in [2.05, 4.69) is 39.5 Å². The van der Waals surface area contributed by atoms with Gasteiger partial charge in [0.1, 0.15) is 6.61 Å². The lowest BCUT2D eigenvalue weighted by atomic mass is 10.2. The van der Waals surface area contributed by atoms with Crippen LogP contribution in [-0.4, -0.2) is 24.8 Å². The van der Waals surface area contributed by atoms with E-state index in [1.54, 1.807) is 0 Å². The van der Waals surface area contributed by atoms with Gasteiger partial charge in [0, 0.05) is 10.5 Å². The fourth-order valence-corrected chi connectivity index (χ4v) is 3.52. The van der Waals surface area contributed by atoms with Crippen LogP contribution < -0.4 is 5.32 Å². The summed E-state index contributed by atoms with van der Waals surface area (Å²) in [5.74, 6) is 0. The molecule has 1 N–H and O–H groups in total. The Bertz CT molecular complexity index is 749. The van der Waals surface area contributed by atoms with Gasteiger partial charge >= 0.3 is 6.09 Å². The number of amides is 1. The summed E-state index contributed by atoms with van der Waals surface area (Å²) in [6, 6.07) is 19.9. The monoisotopic (exact) mass is 429 g/mol. The van der Waals surface area contributed by atoms with Crippen LogP contribution >= 0.6 is 15.9 Å². The molecule has 27 heavy (non-hydrogen) atoms. The average molecular weight is 430 g/mol. The number of alkyl carbamates (subject to hydrolysis) is 1. The molecule has 2 atom stereocenters. The molecule has 0 aromatic heterocycles. The second kappa shape index (κ2) is 10.3. The van der Waals surface area contributed by atoms with Gasteiger partial charge in [-0.3, -0.25) is 0 Å². The van der Waals surface area contributed by atoms with E-state index in [0.29, 0.717) is 6.61 Å². The molecule has 1 saturated carbocycles. The number of carbonyl (C=O) groups excluding carboxylic acids is 1. The number of carbonyl (C=O) groups is 1. The molecule has 1 aliphatic carbocycles. The van der Waals surface area contributed by atoms with E-state index in [0.717, 1.165) is 34.9 Å². The summed E-state index contributed by atoms with van der Waals surface area (Å²) in [4.78, 5) is 12.0. The standard InChI is InChI=1S/C22H24BrNO3/c23-19(13-17-7-3-1-4-8-17)16-26-21-12-11-20(14-21)24-22(25)27-15-18-9-5-2-6-10-18/h1-10,13,20-21H,11-12,14-16H2,(H,24,25)/t20-,21-/m0/s1. The Hall–Kier alpha value is -2.11. The van der Waals surface area contributed by atoms with Crippen molar-refractivity contribution in [3.8, 4) is 0 Å². The molecule has 0 radical (unpaired) electrons. The third-order valence-electron chi connectivity index (χ3n) is 4.50. The van der Waals surface area contributed by atoms with Crippen LogP contribution in [0.15, 0.2) is 65.1 Å². The Kier molecular flexibility index (Phi) is 7.48. The molecule has 2 aromatic rings. The van der Waals surface area contributed by atoms with E-state index in [4.69, 9.17) is 9.47 Å². The molecular weight excluding hydrogens is 406 g/mol. The number of hydrogen-bond donors (Lipinski definition) is 1. The van der Waals surface area contributed by atoms with Gasteiger partial charge in [0.25, 0.3) is 0 Å².